The van der Waals surface area contributed by atoms with Gasteiger partial charge < -0.3 is 60.2 Å². The van der Waals surface area contributed by atoms with Crippen LogP contribution in [0.4, 0.5) is 23.8 Å². The van der Waals surface area contributed by atoms with Crippen molar-refractivity contribution in [2.75, 3.05) is 74.8 Å². The molecular weight excluding hydrogens is 1600 g/mol. The van der Waals surface area contributed by atoms with E-state index in [1.54, 1.807) is 73.7 Å². The summed E-state index contributed by atoms with van der Waals surface area (Å²) in [5, 5.41) is 21.9. The minimum absolute atomic E-state index is 0.0282. The summed E-state index contributed by atoms with van der Waals surface area (Å²) in [4.78, 5) is 181. The van der Waals surface area contributed by atoms with E-state index in [0.29, 0.717) is 22.6 Å². The Kier molecular flexibility index (Phi) is 36.4. The smallest absolute Gasteiger partial charge is 0.280 e. The number of imidazole rings is 4. The van der Waals surface area contributed by atoms with Gasteiger partial charge >= 0.3 is 0 Å². The van der Waals surface area contributed by atoms with E-state index >= 15 is 0 Å². The Morgan fingerprint density at radius 2 is 0.466 bits per heavy atom. The molecule has 20 N–H and O–H groups in total. The van der Waals surface area contributed by atoms with Gasteiger partial charge in [-0.05, 0) is 111 Å². The van der Waals surface area contributed by atoms with Crippen molar-refractivity contribution in [3.8, 4) is 0 Å². The van der Waals surface area contributed by atoms with Crippen LogP contribution in [0.3, 0.4) is 0 Å². The number of ketones is 8. The minimum Gasteiger partial charge on any atom is -0.369 e. The number of Topliss-reactive ketones (excluding diaryl/α,β-unsaturated/α-hetero) is 8. The number of hydrogen-bond donors (Lipinski definition) is 16. The van der Waals surface area contributed by atoms with E-state index in [9.17, 15) is 75.8 Å². The summed E-state index contributed by atoms with van der Waals surface area (Å²) in [5.41, 5.74) is 22.3. The molecule has 640 valence electrons. The average molecular weight is 1710 g/mol. The first-order valence-electron chi connectivity index (χ1n) is 35.8. The molecule has 0 fully saturated rings. The van der Waals surface area contributed by atoms with Crippen molar-refractivity contribution in [1.29, 1.82) is 0 Å². The highest BCUT2D eigenvalue weighted by atomic mass is 31.2. The number of aromatic nitrogens is 16. The lowest BCUT2D eigenvalue weighted by atomic mass is 10.3. The molecule has 0 aromatic carbocycles. The van der Waals surface area contributed by atoms with Gasteiger partial charge in [-0.15, -0.1) is 0 Å². The number of nitrogens with one attached hydrogen (secondary N) is 12. The van der Waals surface area contributed by atoms with Crippen LogP contribution in [-0.2, 0) is 102 Å². The molecule has 0 bridgehead atoms. The predicted octanol–water partition coefficient (Wildman–Crippen LogP) is 0.0128. The van der Waals surface area contributed by atoms with Gasteiger partial charge in [0, 0.05) is 26.2 Å². The number of ether oxygens (including phenoxy) is 4. The van der Waals surface area contributed by atoms with E-state index in [-0.39, 0.29) is 170 Å². The van der Waals surface area contributed by atoms with Crippen LogP contribution in [-0.4, -0.2) is 224 Å². The van der Waals surface area contributed by atoms with E-state index < -0.39 is 100 Å². The van der Waals surface area contributed by atoms with Gasteiger partial charge in [0.05, 0.1) is 100 Å². The van der Waals surface area contributed by atoms with Crippen LogP contribution in [0.25, 0.3) is 44.7 Å². The van der Waals surface area contributed by atoms with Crippen molar-refractivity contribution in [2.24, 2.45) is 0 Å². The fraction of sp³-hybridized carbons (Fsp3) is 0.562. The molecule has 0 spiro atoms. The Balaban J connectivity index is 0.000000276. The highest BCUT2D eigenvalue weighted by Gasteiger charge is 2.34. The van der Waals surface area contributed by atoms with Gasteiger partial charge in [-0.3, -0.25) is 95.7 Å². The summed E-state index contributed by atoms with van der Waals surface area (Å²) in [6.45, 7) is 25.3. The van der Waals surface area contributed by atoms with Gasteiger partial charge in [-0.1, -0.05) is 0 Å². The van der Waals surface area contributed by atoms with Gasteiger partial charge in [0.25, 0.3) is 22.2 Å². The molecule has 0 aliphatic heterocycles. The van der Waals surface area contributed by atoms with E-state index in [2.05, 4.69) is 101 Å². The van der Waals surface area contributed by atoms with E-state index in [1.165, 1.54) is 80.7 Å². The summed E-state index contributed by atoms with van der Waals surface area (Å²) in [6, 6.07) is -5.39. The Labute approximate surface area is 662 Å². The van der Waals surface area contributed by atoms with Crippen LogP contribution in [0.15, 0.2) is 44.5 Å². The lowest BCUT2D eigenvalue weighted by Crippen LogP contribution is -2.40. The van der Waals surface area contributed by atoms with Crippen molar-refractivity contribution < 1.29 is 75.6 Å². The Bertz CT molecular complexity index is 4540. The SMILES string of the molecule is CC(=O)[C@H](C)NP(=O)(COCCn1cnc2c(=O)[nH]c(N)nc21)N[C@@H](C)C(C)=O.CC(=O)[C@H](C)NP(=O)(COCCn1cnc2c(=O)[nH]c(N)nc21)N[C@@H](C)C(C)=O.CC(=O)[C@H](C)NP(=O)(COCCn1cnc2c(=O)[nH]c(N)nc21)N[C@H](C)C(C)=O.CC(=O)[C@H](C)NP(=O)(COCCn1cnc2c(=O)[nH]c(N)nc21)N[C@H](C)C(C)=O. The van der Waals surface area contributed by atoms with E-state index in [1.807, 2.05) is 0 Å². The monoisotopic (exact) mass is 1710 g/mol. The van der Waals surface area contributed by atoms with Crippen LogP contribution in [0.1, 0.15) is 111 Å². The normalized spacial score (nSPS) is 14.9. The van der Waals surface area contributed by atoms with E-state index in [4.69, 9.17) is 41.9 Å². The number of carbonyl (C=O) groups is 8. The first-order valence-corrected chi connectivity index (χ1v) is 43.4. The van der Waals surface area contributed by atoms with Gasteiger partial charge in [0.1, 0.15) is 71.7 Å². The molecular formula is C64H104N28O20P4. The molecule has 0 radical (unpaired) electrons. The number of nitrogens with zero attached hydrogens (tertiary/aromatic N) is 12. The van der Waals surface area contributed by atoms with Gasteiger partial charge in [0.15, 0.2) is 44.7 Å². The number of H-pyrrole nitrogens is 4. The summed E-state index contributed by atoms with van der Waals surface area (Å²) in [7, 11) is -13.6. The molecule has 0 aliphatic carbocycles. The lowest BCUT2D eigenvalue weighted by molar-refractivity contribution is -0.119. The molecule has 10 atom stereocenters. The minimum atomic E-state index is -3.39. The molecule has 52 heteroatoms. The maximum atomic E-state index is 13.2. The van der Waals surface area contributed by atoms with Crippen molar-refractivity contribution in [3.05, 3.63) is 66.7 Å². The van der Waals surface area contributed by atoms with Gasteiger partial charge in [-0.25, -0.2) is 60.6 Å². The van der Waals surface area contributed by atoms with Crippen LogP contribution in [0.2, 0.25) is 0 Å². The van der Waals surface area contributed by atoms with Crippen molar-refractivity contribution in [3.63, 3.8) is 0 Å². The number of aromatic amines is 4. The van der Waals surface area contributed by atoms with Crippen LogP contribution < -0.4 is 85.9 Å². The first kappa shape index (κ1) is 97.0. The third-order valence-corrected chi connectivity index (χ3v) is 25.7. The second-order valence-electron chi connectivity index (χ2n) is 27.0. The molecule has 0 amide bonds. The molecule has 116 heavy (non-hydrogen) atoms. The Hall–Kier alpha value is -9.60. The Morgan fingerprint density at radius 3 is 0.603 bits per heavy atom. The molecule has 8 rings (SSSR count). The standard InChI is InChI=1S/4C16H26N7O5P/c4*1-9(11(3)24)21-29(27,22-10(2)12(4)25)8-28-6-5-23-7-18-13-14(23)19-16(17)20-15(13)26/h4*7,9-10H,5-6,8H2,1-4H3,(H2,21,22,27)(H3,17,19,20,26)/t2*9-,10+,29?;2*9-,10-/m..00/s1. The first-order chi connectivity index (χ1) is 54.1. The number of hydrogen-bond acceptors (Lipinski definition) is 32. The maximum Gasteiger partial charge on any atom is 0.280 e. The molecule has 8 aromatic rings. The molecule has 0 saturated carbocycles. The summed E-state index contributed by atoms with van der Waals surface area (Å²) >= 11 is 0. The van der Waals surface area contributed by atoms with Gasteiger partial charge in [0.2, 0.25) is 53.6 Å². The van der Waals surface area contributed by atoms with Crippen LogP contribution in [0, 0.1) is 0 Å². The predicted molar refractivity (Wildman–Crippen MR) is 430 cm³/mol. The van der Waals surface area contributed by atoms with Crippen LogP contribution in [0.5, 0.6) is 0 Å². The zero-order valence-corrected chi connectivity index (χ0v) is 70.6. The highest BCUT2D eigenvalue weighted by Crippen LogP contribution is 2.41. The zero-order valence-electron chi connectivity index (χ0n) is 67.0. The quantitative estimate of drug-likeness (QED) is 0.0177. The summed E-state index contributed by atoms with van der Waals surface area (Å²) < 4.78 is 81.1. The second kappa shape index (κ2) is 43.6. The molecule has 48 nitrogen and oxygen atoms in total. The second-order valence-corrected chi connectivity index (χ2v) is 36.1. The number of nitrogens with two attached hydrogens (primary N) is 4. The number of fused-ring (bicyclic) bond motifs is 4. The number of anilines is 4. The van der Waals surface area contributed by atoms with Crippen molar-refractivity contribution >= 4 is 144 Å². The highest BCUT2D eigenvalue weighted by molar-refractivity contribution is 7.60. The van der Waals surface area contributed by atoms with Gasteiger partial charge in [-0.2, -0.15) is 19.9 Å². The van der Waals surface area contributed by atoms with Crippen molar-refractivity contribution in [2.45, 2.75) is 185 Å². The molecule has 8 aromatic heterocycles. The number of nitrogen functional groups attached to an aromatic ring is 4. The largest absolute Gasteiger partial charge is 0.369 e. The third kappa shape index (κ3) is 29.5. The number of carbonyl (C=O) groups excluding carboxylic acids is 8. The Morgan fingerprint density at radius 1 is 0.319 bits per heavy atom. The molecule has 8 heterocycles. The molecule has 2 unspecified atom stereocenters. The zero-order chi connectivity index (χ0) is 87.1. The fourth-order valence-electron chi connectivity index (χ4n) is 9.64. The van der Waals surface area contributed by atoms with E-state index in [0.717, 1.165) is 0 Å². The third-order valence-electron chi connectivity index (χ3n) is 17.1. The summed E-state index contributed by atoms with van der Waals surface area (Å²) in [6.07, 6.45) is 4.75. The average Bonchev–Trinajstić information content (AvgIpc) is 1.67. The maximum absolute atomic E-state index is 13.2. The lowest BCUT2D eigenvalue weighted by Gasteiger charge is -2.26. The summed E-state index contributed by atoms with van der Waals surface area (Å²) in [5.74, 6) is -1.66. The molecule has 0 saturated heterocycles. The van der Waals surface area contributed by atoms with Crippen molar-refractivity contribution in [1.82, 2.24) is 119 Å². The number of rotatable bonds is 44. The van der Waals surface area contributed by atoms with Crippen LogP contribution >= 0.6 is 29.8 Å². The fourth-order valence-corrected chi connectivity index (χ4v) is 18.5. The molecule has 0 aliphatic rings. The topological polar surface area (TPSA) is 696 Å².